The zero-order chi connectivity index (χ0) is 23.5. The number of nitrogens with one attached hydrogen (secondary N) is 2. The minimum Gasteiger partial charge on any atom is -0.326 e. The molecule has 2 N–H and O–H groups in total. The van der Waals surface area contributed by atoms with E-state index < -0.39 is 0 Å². The monoisotopic (exact) mass is 564 g/mol. The molecule has 32 heavy (non-hydrogen) atoms. The highest BCUT2D eigenvalue weighted by Crippen LogP contribution is 2.81. The molecule has 1 aromatic rings. The van der Waals surface area contributed by atoms with E-state index in [1.807, 2.05) is 24.3 Å². The number of hydrogen-bond acceptors (Lipinski definition) is 2. The van der Waals surface area contributed by atoms with E-state index in [1.54, 1.807) is 0 Å². The second kappa shape index (κ2) is 6.41. The Balaban J connectivity index is 1.28. The molecular weight excluding hydrogens is 532 g/mol. The number of alkyl halides is 2. The summed E-state index contributed by atoms with van der Waals surface area (Å²) >= 11 is 7.68. The highest BCUT2D eigenvalue weighted by molar-refractivity contribution is 9.09. The number of amides is 2. The molecule has 6 aliphatic carbocycles. The Morgan fingerprint density at radius 3 is 1.22 bits per heavy atom. The van der Waals surface area contributed by atoms with Gasteiger partial charge in [0.15, 0.2) is 0 Å². The summed E-state index contributed by atoms with van der Waals surface area (Å²) in [7, 11) is 0. The summed E-state index contributed by atoms with van der Waals surface area (Å²) in [5.41, 5.74) is 1.05. The molecule has 6 atom stereocenters. The molecule has 0 spiro atoms. The van der Waals surface area contributed by atoms with Crippen molar-refractivity contribution in [3.8, 4) is 0 Å². The average Bonchev–Trinajstić information content (AvgIpc) is 3.34. The first kappa shape index (κ1) is 22.9. The van der Waals surface area contributed by atoms with Gasteiger partial charge in [0, 0.05) is 21.0 Å². The smallest absolute Gasteiger partial charge is 0.232 e. The third kappa shape index (κ3) is 2.17. The SMILES string of the molecule is CC12CCC(C(=O)Nc3ccc(NC(=O)C45CCC(C)(C4Br)C5(C)C)cc3)(C1Br)C2(C)C. The lowest BCUT2D eigenvalue weighted by Gasteiger charge is -2.64. The first-order valence-electron chi connectivity index (χ1n) is 11.7. The van der Waals surface area contributed by atoms with Crippen LogP contribution in [0.1, 0.15) is 67.2 Å². The van der Waals surface area contributed by atoms with Crippen molar-refractivity contribution >= 4 is 55.0 Å². The van der Waals surface area contributed by atoms with Crippen molar-refractivity contribution in [1.82, 2.24) is 0 Å². The Morgan fingerprint density at radius 2 is 1.00 bits per heavy atom. The van der Waals surface area contributed by atoms with Gasteiger partial charge in [0.25, 0.3) is 0 Å². The molecule has 6 saturated carbocycles. The van der Waals surface area contributed by atoms with Crippen LogP contribution in [0.3, 0.4) is 0 Å². The molecule has 4 nitrogen and oxygen atoms in total. The maximum Gasteiger partial charge on any atom is 0.232 e. The van der Waals surface area contributed by atoms with E-state index in [-0.39, 0.29) is 54.0 Å². The number of carbonyl (C=O) groups excluding carboxylic acids is 2. The fourth-order valence-corrected chi connectivity index (χ4v) is 11.7. The van der Waals surface area contributed by atoms with Crippen LogP contribution in [0.2, 0.25) is 0 Å². The first-order chi connectivity index (χ1) is 14.7. The molecule has 0 radical (unpaired) electrons. The highest BCUT2D eigenvalue weighted by atomic mass is 79.9. The molecule has 0 heterocycles. The summed E-state index contributed by atoms with van der Waals surface area (Å²) in [6.07, 6.45) is 3.97. The summed E-state index contributed by atoms with van der Waals surface area (Å²) in [4.78, 5) is 27.1. The summed E-state index contributed by atoms with van der Waals surface area (Å²) in [6.45, 7) is 13.5. The molecular formula is C26H34Br2N2O2. The van der Waals surface area contributed by atoms with Crippen LogP contribution < -0.4 is 10.6 Å². The number of anilines is 2. The summed E-state index contributed by atoms with van der Waals surface area (Å²) < 4.78 is 0. The van der Waals surface area contributed by atoms with Crippen LogP contribution in [0.4, 0.5) is 11.4 Å². The van der Waals surface area contributed by atoms with Gasteiger partial charge in [0.1, 0.15) is 0 Å². The minimum absolute atomic E-state index is 0.0386. The Kier molecular flexibility index (Phi) is 4.59. The van der Waals surface area contributed by atoms with Crippen molar-refractivity contribution in [2.24, 2.45) is 32.5 Å². The van der Waals surface area contributed by atoms with Gasteiger partial charge < -0.3 is 10.6 Å². The van der Waals surface area contributed by atoms with Crippen molar-refractivity contribution in [3.63, 3.8) is 0 Å². The standard InChI is InChI=1S/C26H34Br2N2O2/c1-21(2)23(5)11-13-25(21,17(23)27)19(31)29-15-7-9-16(10-8-15)30-20(32)26-14-12-24(6,18(26)28)22(26,3)4/h7-10,17-18H,11-14H2,1-6H3,(H,29,31)(H,30,32). The Labute approximate surface area is 208 Å². The van der Waals surface area contributed by atoms with E-state index >= 15 is 0 Å². The molecule has 4 bridgehead atoms. The Hall–Kier alpha value is -0.880. The molecule has 0 aliphatic heterocycles. The Bertz CT molecular complexity index is 940. The van der Waals surface area contributed by atoms with Crippen LogP contribution in [-0.4, -0.2) is 21.5 Å². The molecule has 2 amide bonds. The van der Waals surface area contributed by atoms with Crippen LogP contribution in [-0.2, 0) is 9.59 Å². The third-order valence-electron chi connectivity index (χ3n) is 11.4. The van der Waals surface area contributed by atoms with Gasteiger partial charge in [-0.05, 0) is 71.6 Å². The van der Waals surface area contributed by atoms with E-state index in [0.29, 0.717) is 0 Å². The molecule has 0 aromatic heterocycles. The van der Waals surface area contributed by atoms with Crippen LogP contribution in [0.5, 0.6) is 0 Å². The number of carbonyl (C=O) groups is 2. The maximum atomic E-state index is 13.3. The van der Waals surface area contributed by atoms with Crippen molar-refractivity contribution in [1.29, 1.82) is 0 Å². The molecule has 7 rings (SSSR count). The van der Waals surface area contributed by atoms with Crippen molar-refractivity contribution in [2.75, 3.05) is 10.6 Å². The zero-order valence-electron chi connectivity index (χ0n) is 19.9. The number of hydrogen-bond donors (Lipinski definition) is 2. The zero-order valence-corrected chi connectivity index (χ0v) is 23.0. The lowest BCUT2D eigenvalue weighted by molar-refractivity contribution is -0.156. The molecule has 174 valence electrons. The van der Waals surface area contributed by atoms with E-state index in [4.69, 9.17) is 0 Å². The first-order valence-corrected chi connectivity index (χ1v) is 13.6. The highest BCUT2D eigenvalue weighted by Gasteiger charge is 2.81. The van der Waals surface area contributed by atoms with Gasteiger partial charge >= 0.3 is 0 Å². The predicted molar refractivity (Wildman–Crippen MR) is 136 cm³/mol. The van der Waals surface area contributed by atoms with E-state index in [2.05, 4.69) is 84.0 Å². The van der Waals surface area contributed by atoms with Gasteiger partial charge in [-0.15, -0.1) is 0 Å². The van der Waals surface area contributed by atoms with E-state index in [1.165, 1.54) is 0 Å². The lowest BCUT2D eigenvalue weighted by atomic mass is 9.43. The number of halogens is 2. The predicted octanol–water partition coefficient (Wildman–Crippen LogP) is 6.74. The van der Waals surface area contributed by atoms with Gasteiger partial charge in [-0.25, -0.2) is 0 Å². The van der Waals surface area contributed by atoms with Crippen molar-refractivity contribution < 1.29 is 9.59 Å². The third-order valence-corrected chi connectivity index (χ3v) is 14.9. The summed E-state index contributed by atoms with van der Waals surface area (Å²) in [5.74, 6) is 0.192. The summed E-state index contributed by atoms with van der Waals surface area (Å²) in [5, 5.41) is 6.30. The molecule has 6 fully saturated rings. The van der Waals surface area contributed by atoms with Gasteiger partial charge in [-0.3, -0.25) is 9.59 Å². The lowest BCUT2D eigenvalue weighted by Crippen LogP contribution is -2.68. The molecule has 6 heteroatoms. The fourth-order valence-electron chi connectivity index (χ4n) is 8.04. The molecule has 0 saturated heterocycles. The van der Waals surface area contributed by atoms with Gasteiger partial charge in [0.2, 0.25) is 11.8 Å². The van der Waals surface area contributed by atoms with Crippen LogP contribution in [0, 0.1) is 32.5 Å². The Morgan fingerprint density at radius 1 is 0.688 bits per heavy atom. The van der Waals surface area contributed by atoms with Gasteiger partial charge in [0.05, 0.1) is 10.8 Å². The van der Waals surface area contributed by atoms with Crippen LogP contribution >= 0.6 is 31.9 Å². The normalized spacial score (nSPS) is 44.4. The van der Waals surface area contributed by atoms with Crippen molar-refractivity contribution in [3.05, 3.63) is 24.3 Å². The number of rotatable bonds is 4. The average molecular weight is 566 g/mol. The minimum atomic E-state index is -0.371. The molecule has 6 aliphatic rings. The van der Waals surface area contributed by atoms with Crippen LogP contribution in [0.15, 0.2) is 24.3 Å². The van der Waals surface area contributed by atoms with Crippen molar-refractivity contribution in [2.45, 2.75) is 76.9 Å². The van der Waals surface area contributed by atoms with E-state index in [9.17, 15) is 9.59 Å². The van der Waals surface area contributed by atoms with Gasteiger partial charge in [-0.2, -0.15) is 0 Å². The fraction of sp³-hybridized carbons (Fsp3) is 0.692. The number of benzene rings is 1. The second-order valence-corrected chi connectivity index (χ2v) is 14.1. The topological polar surface area (TPSA) is 58.2 Å². The number of fused-ring (bicyclic) bond motifs is 2. The van der Waals surface area contributed by atoms with Gasteiger partial charge in [-0.1, -0.05) is 73.4 Å². The second-order valence-electron chi connectivity index (χ2n) is 12.2. The maximum absolute atomic E-state index is 13.3. The largest absolute Gasteiger partial charge is 0.326 e. The summed E-state index contributed by atoms with van der Waals surface area (Å²) in [6, 6.07) is 7.56. The molecule has 1 aromatic carbocycles. The van der Waals surface area contributed by atoms with E-state index in [0.717, 1.165) is 37.1 Å². The quantitative estimate of drug-likeness (QED) is 0.397. The molecule has 6 unspecified atom stereocenters. The van der Waals surface area contributed by atoms with Crippen LogP contribution in [0.25, 0.3) is 0 Å².